The van der Waals surface area contributed by atoms with Gasteiger partial charge in [0.2, 0.25) is 5.65 Å². The van der Waals surface area contributed by atoms with Crippen LogP contribution < -0.4 is 4.90 Å². The Hall–Kier alpha value is -1.36. The predicted octanol–water partition coefficient (Wildman–Crippen LogP) is 1.33. The molecule has 2 aromatic rings. The van der Waals surface area contributed by atoms with Crippen LogP contribution in [0.2, 0.25) is 0 Å². The number of fused-ring (bicyclic) bond motifs is 1. The Kier molecular flexibility index (Phi) is 2.40. The average Bonchev–Trinajstić information content (AvgIpc) is 2.96. The van der Waals surface area contributed by atoms with E-state index in [4.69, 9.17) is 11.6 Å². The zero-order valence-electron chi connectivity index (χ0n) is 8.75. The van der Waals surface area contributed by atoms with Crippen molar-refractivity contribution in [2.24, 2.45) is 0 Å². The highest BCUT2D eigenvalue weighted by Crippen LogP contribution is 2.26. The van der Waals surface area contributed by atoms with E-state index in [0.717, 1.165) is 30.9 Å². The topological polar surface area (TPSA) is 46.3 Å². The third kappa shape index (κ3) is 1.43. The van der Waals surface area contributed by atoms with Gasteiger partial charge in [-0.15, -0.1) is 21.8 Å². The summed E-state index contributed by atoms with van der Waals surface area (Å²) >= 11 is 5.97. The number of rotatable bonds is 2. The van der Waals surface area contributed by atoms with Gasteiger partial charge in [0.15, 0.2) is 5.82 Å². The normalized spacial score (nSPS) is 20.8. The first kappa shape index (κ1) is 9.84. The van der Waals surface area contributed by atoms with Gasteiger partial charge >= 0.3 is 0 Å². The average molecular weight is 238 g/mol. The van der Waals surface area contributed by atoms with Gasteiger partial charge in [0, 0.05) is 30.9 Å². The molecule has 1 aliphatic rings. The number of aromatic nitrogens is 4. The molecule has 1 fully saturated rings. The maximum absolute atomic E-state index is 5.97. The molecule has 0 saturated carbocycles. The summed E-state index contributed by atoms with van der Waals surface area (Å²) in [6.45, 7) is 0.997. The molecule has 1 aliphatic heterocycles. The first-order chi connectivity index (χ1) is 7.90. The number of anilines is 1. The zero-order chi connectivity index (χ0) is 11.0. The molecule has 0 N–H and O–H groups in total. The van der Waals surface area contributed by atoms with Gasteiger partial charge < -0.3 is 4.90 Å². The Morgan fingerprint density at radius 1 is 1.50 bits per heavy atom. The van der Waals surface area contributed by atoms with Gasteiger partial charge in [0.1, 0.15) is 6.33 Å². The lowest BCUT2D eigenvalue weighted by molar-refractivity contribution is 0.733. The number of halogens is 1. The van der Waals surface area contributed by atoms with Crippen molar-refractivity contribution in [1.82, 2.24) is 19.6 Å². The molecule has 3 heterocycles. The SMILES string of the molecule is ClCC1CCCN1c1nccn2cnnc12. The molecule has 0 aliphatic carbocycles. The summed E-state index contributed by atoms with van der Waals surface area (Å²) in [5, 5.41) is 8.00. The first-order valence-electron chi connectivity index (χ1n) is 5.37. The Morgan fingerprint density at radius 2 is 2.44 bits per heavy atom. The molecular formula is C10H12ClN5. The monoisotopic (exact) mass is 237 g/mol. The van der Waals surface area contributed by atoms with E-state index in [0.29, 0.717) is 11.9 Å². The van der Waals surface area contributed by atoms with Crippen molar-refractivity contribution in [2.75, 3.05) is 17.3 Å². The van der Waals surface area contributed by atoms with Crippen molar-refractivity contribution in [3.8, 4) is 0 Å². The van der Waals surface area contributed by atoms with Crippen molar-refractivity contribution < 1.29 is 0 Å². The molecule has 0 radical (unpaired) electrons. The highest BCUT2D eigenvalue weighted by atomic mass is 35.5. The zero-order valence-corrected chi connectivity index (χ0v) is 9.51. The summed E-state index contributed by atoms with van der Waals surface area (Å²) in [6, 6.07) is 0.372. The van der Waals surface area contributed by atoms with E-state index in [9.17, 15) is 0 Å². The summed E-state index contributed by atoms with van der Waals surface area (Å²) in [7, 11) is 0. The molecule has 0 spiro atoms. The van der Waals surface area contributed by atoms with Crippen molar-refractivity contribution in [2.45, 2.75) is 18.9 Å². The Balaban J connectivity index is 2.07. The predicted molar refractivity (Wildman–Crippen MR) is 61.9 cm³/mol. The van der Waals surface area contributed by atoms with Crippen LogP contribution in [0.1, 0.15) is 12.8 Å². The Bertz CT molecular complexity index is 497. The van der Waals surface area contributed by atoms with Gasteiger partial charge in [-0.2, -0.15) is 0 Å². The molecule has 1 saturated heterocycles. The lowest BCUT2D eigenvalue weighted by Gasteiger charge is -2.23. The second kappa shape index (κ2) is 3.90. The van der Waals surface area contributed by atoms with E-state index in [-0.39, 0.29) is 0 Å². The number of alkyl halides is 1. The van der Waals surface area contributed by atoms with Crippen molar-refractivity contribution in [3.05, 3.63) is 18.7 Å². The van der Waals surface area contributed by atoms with E-state index < -0.39 is 0 Å². The van der Waals surface area contributed by atoms with Crippen LogP contribution in [0.4, 0.5) is 5.82 Å². The molecule has 1 atom stereocenters. The fourth-order valence-electron chi connectivity index (χ4n) is 2.22. The number of nitrogens with zero attached hydrogens (tertiary/aromatic N) is 5. The summed E-state index contributed by atoms with van der Waals surface area (Å²) in [5.41, 5.74) is 0.805. The van der Waals surface area contributed by atoms with Gasteiger partial charge in [-0.25, -0.2) is 4.98 Å². The highest BCUT2D eigenvalue weighted by Gasteiger charge is 2.26. The van der Waals surface area contributed by atoms with E-state index in [1.165, 1.54) is 0 Å². The molecule has 16 heavy (non-hydrogen) atoms. The summed E-state index contributed by atoms with van der Waals surface area (Å²) in [4.78, 5) is 6.64. The van der Waals surface area contributed by atoms with Gasteiger partial charge in [0.05, 0.1) is 0 Å². The van der Waals surface area contributed by atoms with E-state index in [1.54, 1.807) is 12.5 Å². The maximum atomic E-state index is 5.97. The quantitative estimate of drug-likeness (QED) is 0.740. The molecule has 0 aromatic carbocycles. The van der Waals surface area contributed by atoms with Gasteiger partial charge in [-0.3, -0.25) is 4.40 Å². The molecule has 2 aromatic heterocycles. The minimum Gasteiger partial charge on any atom is -0.349 e. The Labute approximate surface area is 98.1 Å². The lowest BCUT2D eigenvalue weighted by Crippen LogP contribution is -2.31. The minimum atomic E-state index is 0.372. The van der Waals surface area contributed by atoms with Gasteiger partial charge in [-0.1, -0.05) is 0 Å². The van der Waals surface area contributed by atoms with Gasteiger partial charge in [-0.05, 0) is 12.8 Å². The van der Waals surface area contributed by atoms with Crippen LogP contribution in [-0.2, 0) is 0 Å². The highest BCUT2D eigenvalue weighted by molar-refractivity contribution is 6.18. The second-order valence-electron chi connectivity index (χ2n) is 3.96. The molecule has 1 unspecified atom stereocenters. The number of hydrogen-bond acceptors (Lipinski definition) is 4. The first-order valence-corrected chi connectivity index (χ1v) is 5.90. The van der Waals surface area contributed by atoms with Crippen LogP contribution in [-0.4, -0.2) is 38.0 Å². The molecule has 3 rings (SSSR count). The van der Waals surface area contributed by atoms with Crippen LogP contribution >= 0.6 is 11.6 Å². The van der Waals surface area contributed by atoms with E-state index in [1.807, 2.05) is 10.6 Å². The molecule has 6 heteroatoms. The molecule has 0 bridgehead atoms. The molecule has 0 amide bonds. The minimum absolute atomic E-state index is 0.372. The fourth-order valence-corrected chi connectivity index (χ4v) is 2.54. The molecule has 5 nitrogen and oxygen atoms in total. The largest absolute Gasteiger partial charge is 0.349 e. The van der Waals surface area contributed by atoms with Crippen LogP contribution in [0.3, 0.4) is 0 Å². The smallest absolute Gasteiger partial charge is 0.203 e. The van der Waals surface area contributed by atoms with Crippen LogP contribution in [0, 0.1) is 0 Å². The fraction of sp³-hybridized carbons (Fsp3) is 0.500. The third-order valence-electron chi connectivity index (χ3n) is 3.02. The summed E-state index contributed by atoms with van der Waals surface area (Å²) in [5.74, 6) is 1.53. The lowest BCUT2D eigenvalue weighted by atomic mass is 10.2. The van der Waals surface area contributed by atoms with Crippen LogP contribution in [0.25, 0.3) is 5.65 Å². The van der Waals surface area contributed by atoms with E-state index in [2.05, 4.69) is 20.1 Å². The van der Waals surface area contributed by atoms with Crippen LogP contribution in [0.5, 0.6) is 0 Å². The van der Waals surface area contributed by atoms with Crippen molar-refractivity contribution >= 4 is 23.1 Å². The summed E-state index contributed by atoms with van der Waals surface area (Å²) in [6.07, 6.45) is 7.60. The second-order valence-corrected chi connectivity index (χ2v) is 4.27. The third-order valence-corrected chi connectivity index (χ3v) is 3.38. The molecular weight excluding hydrogens is 226 g/mol. The van der Waals surface area contributed by atoms with Crippen LogP contribution in [0.15, 0.2) is 18.7 Å². The van der Waals surface area contributed by atoms with Crippen molar-refractivity contribution in [3.63, 3.8) is 0 Å². The van der Waals surface area contributed by atoms with E-state index >= 15 is 0 Å². The Morgan fingerprint density at radius 3 is 3.31 bits per heavy atom. The van der Waals surface area contributed by atoms with Crippen molar-refractivity contribution in [1.29, 1.82) is 0 Å². The standard InChI is InChI=1S/C10H12ClN5/c11-6-8-2-1-4-16(8)9-10-14-13-7-15(10)5-3-12-9/h3,5,7-8H,1-2,4,6H2. The number of hydrogen-bond donors (Lipinski definition) is 0. The summed E-state index contributed by atoms with van der Waals surface area (Å²) < 4.78 is 1.88. The van der Waals surface area contributed by atoms with Gasteiger partial charge in [0.25, 0.3) is 0 Å². The maximum Gasteiger partial charge on any atom is 0.203 e. The molecule has 84 valence electrons.